The summed E-state index contributed by atoms with van der Waals surface area (Å²) >= 11 is 5.07. The van der Waals surface area contributed by atoms with Crippen LogP contribution in [-0.2, 0) is 80.1 Å². The molecule has 3 aromatic rings. The molecule has 2 saturated heterocycles. The molecular formula is C58H76N14O16S2. The van der Waals surface area contributed by atoms with Crippen LogP contribution in [0.15, 0.2) is 53.6 Å². The van der Waals surface area contributed by atoms with Gasteiger partial charge in [-0.05, 0) is 55.0 Å². The monoisotopic (exact) mass is 1290 g/mol. The Bertz CT molecular complexity index is 3260. The molecule has 30 nitrogen and oxygen atoms in total. The van der Waals surface area contributed by atoms with Crippen LogP contribution in [0.2, 0.25) is 0 Å². The Morgan fingerprint density at radius 3 is 2.13 bits per heavy atom. The van der Waals surface area contributed by atoms with Crippen molar-refractivity contribution in [3.8, 4) is 0 Å². The number of aromatic amines is 1. The molecular weight excluding hydrogens is 1210 g/mol. The van der Waals surface area contributed by atoms with Crippen molar-refractivity contribution in [3.05, 3.63) is 59.7 Å². The van der Waals surface area contributed by atoms with Crippen LogP contribution in [0.1, 0.15) is 77.3 Å². The first kappa shape index (κ1) is 68.9. The molecule has 2 aromatic carbocycles. The van der Waals surface area contributed by atoms with Crippen molar-refractivity contribution in [2.75, 3.05) is 50.4 Å². The SMILES string of the molecule is CC[C@H](C)C1NC(=O)CNC(=O)[C@H]2Cc3c([nH]c4ccccc34)SC[C@H](NC(=O)CNC1=O)C(=O)N[C@@H](CC(=O)NCc1ccc(NC(=O)[C@H](C)NC(=O)CNC(=O)CCN3C(=O)CC(S)C3=O)cc1)C(=O)N1CCC[C@H]1C(=O)NC([C@@H](C)[C@@H](O)CO)C(=O)N2. The number of aliphatic hydroxyl groups is 2. The number of para-hydroxylation sites is 1. The summed E-state index contributed by atoms with van der Waals surface area (Å²) in [6.45, 7) is 3.15. The van der Waals surface area contributed by atoms with E-state index in [1.807, 2.05) is 0 Å². The molecule has 3 unspecified atom stereocenters. The number of rotatable bonds is 17. The maximum atomic E-state index is 14.9. The van der Waals surface area contributed by atoms with Crippen LogP contribution in [0.5, 0.6) is 0 Å². The first-order valence-electron chi connectivity index (χ1n) is 29.5. The molecule has 2 fully saturated rings. The molecule has 14 amide bonds. The van der Waals surface area contributed by atoms with E-state index in [9.17, 15) is 77.3 Å². The molecule has 0 saturated carbocycles. The van der Waals surface area contributed by atoms with E-state index in [-0.39, 0.29) is 57.5 Å². The third kappa shape index (κ3) is 18.0. The molecule has 5 heterocycles. The Morgan fingerprint density at radius 1 is 0.744 bits per heavy atom. The Kier molecular flexibility index (Phi) is 24.3. The third-order valence-corrected chi connectivity index (χ3v) is 17.5. The van der Waals surface area contributed by atoms with Crippen molar-refractivity contribution in [2.45, 2.75) is 138 Å². The highest BCUT2D eigenvalue weighted by atomic mass is 32.2. The number of carbonyl (C=O) groups is 14. The van der Waals surface area contributed by atoms with Crippen molar-refractivity contribution >= 4 is 124 Å². The summed E-state index contributed by atoms with van der Waals surface area (Å²) in [5.74, 6) is -12.7. The number of nitrogens with one attached hydrogen (secondary N) is 12. The quantitative estimate of drug-likeness (QED) is 0.0456. The lowest BCUT2D eigenvalue weighted by Gasteiger charge is -2.33. The van der Waals surface area contributed by atoms with Crippen molar-refractivity contribution < 1.29 is 77.3 Å². The number of anilines is 1. The van der Waals surface area contributed by atoms with Crippen molar-refractivity contribution in [3.63, 3.8) is 0 Å². The molecule has 11 atom stereocenters. The summed E-state index contributed by atoms with van der Waals surface area (Å²) in [5, 5.41) is 49.6. The van der Waals surface area contributed by atoms with E-state index in [0.29, 0.717) is 39.2 Å². The number of hydrogen-bond donors (Lipinski definition) is 15. The summed E-state index contributed by atoms with van der Waals surface area (Å²) in [7, 11) is 0. The number of aromatic nitrogens is 1. The molecule has 0 spiro atoms. The van der Waals surface area contributed by atoms with Gasteiger partial charge in [-0.2, -0.15) is 12.6 Å². The minimum atomic E-state index is -1.71. The van der Waals surface area contributed by atoms with Crippen LogP contribution in [0, 0.1) is 11.8 Å². The van der Waals surface area contributed by atoms with Gasteiger partial charge in [-0.1, -0.05) is 57.5 Å². The molecule has 14 N–H and O–H groups in total. The second kappa shape index (κ2) is 31.7. The first-order chi connectivity index (χ1) is 42.8. The van der Waals surface area contributed by atoms with Crippen LogP contribution < -0.4 is 58.5 Å². The van der Waals surface area contributed by atoms with Crippen LogP contribution in [0.4, 0.5) is 5.69 Å². The van der Waals surface area contributed by atoms with E-state index < -0.39 is 181 Å². The maximum absolute atomic E-state index is 14.9. The van der Waals surface area contributed by atoms with E-state index in [2.05, 4.69) is 76.1 Å². The highest BCUT2D eigenvalue weighted by Gasteiger charge is 2.43. The van der Waals surface area contributed by atoms with Gasteiger partial charge in [0.2, 0.25) is 82.7 Å². The van der Waals surface area contributed by atoms with Crippen LogP contribution in [-0.4, -0.2) is 206 Å². The Balaban J connectivity index is 1.12. The standard InChI is InChI=1S/C58H76N14O16S2/c1-5-28(2)48-54(85)62-24-45(78)65-38-27-90-56-34(33-9-6-7-10-35(33)68-56)19-36(51(82)61-25-46(79)69-48)66-55(86)49(29(3)40(74)26-73)70-53(84)39-11-8-17-71(39)57(87)37(67-52(38)83)20-43(76)59-22-31-12-14-32(15-13-31)64-50(81)30(4)63-44(77)23-60-42(75)16-18-72-47(80)21-41(89)58(72)88/h6-7,9-10,12-15,28-30,36-41,48-49,68,73-74,89H,5,8,11,16-27H2,1-4H3,(H,59,76)(H,60,75)(H,61,82)(H,62,85)(H,63,77)(H,64,81)(H,65,78)(H,66,86)(H,67,83)(H,69,79)(H,70,84)/t28-,29-,30-,36+,37-,38-,39-,40-,41?,48?,49?/m0/s1. The minimum absolute atomic E-state index is 0.0305. The van der Waals surface area contributed by atoms with Gasteiger partial charge in [-0.3, -0.25) is 72.0 Å². The van der Waals surface area contributed by atoms with Crippen LogP contribution >= 0.6 is 24.4 Å². The van der Waals surface area contributed by atoms with Gasteiger partial charge in [0.05, 0.1) is 49.0 Å². The van der Waals surface area contributed by atoms with Gasteiger partial charge in [0.1, 0.15) is 42.3 Å². The van der Waals surface area contributed by atoms with E-state index in [1.165, 1.54) is 26.0 Å². The molecule has 2 bridgehead atoms. The lowest BCUT2D eigenvalue weighted by Crippen LogP contribution is -2.62. The number of fused-ring (bicyclic) bond motifs is 5. The fraction of sp³-hybridized carbons (Fsp3) is 0.517. The predicted molar refractivity (Wildman–Crippen MR) is 326 cm³/mol. The lowest BCUT2D eigenvalue weighted by atomic mass is 9.94. The van der Waals surface area contributed by atoms with E-state index in [0.717, 1.165) is 21.6 Å². The number of aliphatic hydroxyl groups excluding tert-OH is 2. The molecule has 7 rings (SSSR count). The molecule has 1 aromatic heterocycles. The average molecular weight is 1290 g/mol. The second-order valence-corrected chi connectivity index (χ2v) is 24.1. The summed E-state index contributed by atoms with van der Waals surface area (Å²) in [6.07, 6.45) is -2.26. The zero-order chi connectivity index (χ0) is 65.5. The number of hydrogen-bond acceptors (Lipinski definition) is 18. The molecule has 0 radical (unpaired) electrons. The Labute approximate surface area is 526 Å². The summed E-state index contributed by atoms with van der Waals surface area (Å²) in [6, 6.07) is 3.04. The van der Waals surface area contributed by atoms with Crippen molar-refractivity contribution in [1.82, 2.24) is 68.0 Å². The Hall–Kier alpha value is -8.62. The topological polar surface area (TPSA) is 434 Å². The van der Waals surface area contributed by atoms with Crippen LogP contribution in [0.25, 0.3) is 10.9 Å². The maximum Gasteiger partial charge on any atom is 0.246 e. The molecule has 4 aliphatic rings. The number of amides is 14. The molecule has 32 heteroatoms. The second-order valence-electron chi connectivity index (χ2n) is 22.5. The molecule has 4 aliphatic heterocycles. The summed E-state index contributed by atoms with van der Waals surface area (Å²) < 4.78 is 0. The molecule has 0 aliphatic carbocycles. The largest absolute Gasteiger partial charge is 0.394 e. The number of thioether (sulfide) groups is 1. The minimum Gasteiger partial charge on any atom is -0.394 e. The summed E-state index contributed by atoms with van der Waals surface area (Å²) in [5.41, 5.74) is 1.79. The zero-order valence-electron chi connectivity index (χ0n) is 49.9. The Morgan fingerprint density at radius 2 is 1.44 bits per heavy atom. The number of carbonyl (C=O) groups excluding carboxylic acids is 14. The van der Waals surface area contributed by atoms with Gasteiger partial charge < -0.3 is 78.6 Å². The number of thiol groups is 1. The zero-order valence-corrected chi connectivity index (χ0v) is 51.6. The van der Waals surface area contributed by atoms with Gasteiger partial charge in [0.15, 0.2) is 0 Å². The van der Waals surface area contributed by atoms with Gasteiger partial charge in [-0.25, -0.2) is 0 Å². The van der Waals surface area contributed by atoms with E-state index >= 15 is 0 Å². The first-order valence-corrected chi connectivity index (χ1v) is 31.0. The van der Waals surface area contributed by atoms with Gasteiger partial charge in [0.25, 0.3) is 0 Å². The van der Waals surface area contributed by atoms with Gasteiger partial charge in [-0.15, -0.1) is 11.8 Å². The van der Waals surface area contributed by atoms with Gasteiger partial charge in [0, 0.05) is 67.2 Å². The lowest BCUT2D eigenvalue weighted by molar-refractivity contribution is -0.144. The normalized spacial score (nSPS) is 23.9. The van der Waals surface area contributed by atoms with Crippen LogP contribution in [0.3, 0.4) is 0 Å². The van der Waals surface area contributed by atoms with Gasteiger partial charge >= 0.3 is 0 Å². The highest BCUT2D eigenvalue weighted by molar-refractivity contribution is 7.99. The smallest absolute Gasteiger partial charge is 0.246 e. The highest BCUT2D eigenvalue weighted by Crippen LogP contribution is 2.32. The fourth-order valence-electron chi connectivity index (χ4n) is 10.5. The molecule has 90 heavy (non-hydrogen) atoms. The summed E-state index contributed by atoms with van der Waals surface area (Å²) in [4.78, 5) is 196. The number of benzene rings is 2. The number of imide groups is 1. The fourth-order valence-corrected chi connectivity index (χ4v) is 11.9. The van der Waals surface area contributed by atoms with Crippen molar-refractivity contribution in [1.29, 1.82) is 0 Å². The van der Waals surface area contributed by atoms with E-state index in [1.54, 1.807) is 50.2 Å². The third-order valence-electron chi connectivity index (χ3n) is 16.0. The number of likely N-dealkylation sites (tertiary alicyclic amines) is 1. The number of nitrogens with zero attached hydrogens (tertiary/aromatic N) is 2. The molecule has 486 valence electrons. The predicted octanol–water partition coefficient (Wildman–Crippen LogP) is -3.77. The number of H-pyrrole nitrogens is 1. The average Bonchev–Trinajstić information content (AvgIpc) is 1.96. The van der Waals surface area contributed by atoms with Crippen molar-refractivity contribution in [2.24, 2.45) is 11.8 Å². The van der Waals surface area contributed by atoms with E-state index in [4.69, 9.17) is 0 Å².